The Kier molecular flexibility index (Phi) is 4.64. The van der Waals surface area contributed by atoms with E-state index < -0.39 is 0 Å². The van der Waals surface area contributed by atoms with Gasteiger partial charge in [-0.05, 0) is 23.8 Å². The van der Waals surface area contributed by atoms with Gasteiger partial charge in [0.15, 0.2) is 0 Å². The van der Waals surface area contributed by atoms with Gasteiger partial charge in [0.2, 0.25) is 0 Å². The normalized spacial score (nSPS) is 10.8. The Balaban J connectivity index is 1.67. The summed E-state index contributed by atoms with van der Waals surface area (Å²) in [7, 11) is 0. The van der Waals surface area contributed by atoms with Gasteiger partial charge in [-0.15, -0.1) is 0 Å². The Morgan fingerprint density at radius 1 is 1.04 bits per heavy atom. The van der Waals surface area contributed by atoms with Gasteiger partial charge in [0.05, 0.1) is 5.69 Å². The second-order valence-electron chi connectivity index (χ2n) is 4.94. The molecular formula is C19H16N2O2. The van der Waals surface area contributed by atoms with E-state index in [0.29, 0.717) is 0 Å². The van der Waals surface area contributed by atoms with Crippen molar-refractivity contribution >= 4 is 12.0 Å². The van der Waals surface area contributed by atoms with Crippen LogP contribution in [0.4, 0.5) is 0 Å². The molecule has 3 aromatic rings. The number of benzene rings is 2. The van der Waals surface area contributed by atoms with Crippen LogP contribution in [0.2, 0.25) is 0 Å². The average Bonchev–Trinajstić information content (AvgIpc) is 3.14. The van der Waals surface area contributed by atoms with Crippen molar-refractivity contribution < 1.29 is 9.53 Å². The van der Waals surface area contributed by atoms with Crippen molar-refractivity contribution in [1.29, 1.82) is 0 Å². The van der Waals surface area contributed by atoms with Crippen LogP contribution in [0.25, 0.3) is 11.8 Å². The first kappa shape index (κ1) is 14.8. The topological polar surface area (TPSA) is 44.1 Å². The maximum atomic E-state index is 11.9. The zero-order valence-corrected chi connectivity index (χ0v) is 12.5. The van der Waals surface area contributed by atoms with Gasteiger partial charge in [-0.1, -0.05) is 48.5 Å². The van der Waals surface area contributed by atoms with Gasteiger partial charge < -0.3 is 4.74 Å². The Hall–Kier alpha value is -3.14. The van der Waals surface area contributed by atoms with Gasteiger partial charge in [-0.3, -0.25) is 0 Å². The van der Waals surface area contributed by atoms with Crippen molar-refractivity contribution in [2.75, 3.05) is 0 Å². The lowest BCUT2D eigenvalue weighted by molar-refractivity contribution is -0.138. The Bertz CT molecular complexity index is 793. The third kappa shape index (κ3) is 3.95. The van der Waals surface area contributed by atoms with Crippen molar-refractivity contribution in [2.24, 2.45) is 0 Å². The number of carbonyl (C=O) groups excluding carboxylic acids is 1. The molecule has 0 saturated heterocycles. The molecule has 0 fully saturated rings. The van der Waals surface area contributed by atoms with Crippen LogP contribution in [0.15, 0.2) is 79.1 Å². The molecule has 0 atom stereocenters. The predicted molar refractivity (Wildman–Crippen MR) is 88.8 cm³/mol. The average molecular weight is 304 g/mol. The van der Waals surface area contributed by atoms with Crippen molar-refractivity contribution in [1.82, 2.24) is 9.78 Å². The Labute approximate surface area is 134 Å². The van der Waals surface area contributed by atoms with E-state index in [1.165, 1.54) is 6.08 Å². The summed E-state index contributed by atoms with van der Waals surface area (Å²) >= 11 is 0. The smallest absolute Gasteiger partial charge is 0.331 e. The van der Waals surface area contributed by atoms with Gasteiger partial charge in [-0.2, -0.15) is 5.10 Å². The zero-order chi connectivity index (χ0) is 15.9. The molecule has 0 spiro atoms. The minimum absolute atomic E-state index is 0.269. The molecule has 1 aromatic heterocycles. The number of para-hydroxylation sites is 1. The Morgan fingerprint density at radius 2 is 1.83 bits per heavy atom. The minimum Gasteiger partial charge on any atom is -0.458 e. The van der Waals surface area contributed by atoms with Gasteiger partial charge in [0.1, 0.15) is 6.61 Å². The van der Waals surface area contributed by atoms with Gasteiger partial charge in [0, 0.05) is 24.0 Å². The molecular weight excluding hydrogens is 288 g/mol. The lowest BCUT2D eigenvalue weighted by Crippen LogP contribution is -2.01. The SMILES string of the molecule is O=C(/C=C/c1ccccc1-n1cccn1)OCc1ccccc1. The second kappa shape index (κ2) is 7.22. The molecule has 0 aliphatic rings. The van der Waals surface area contributed by atoms with Gasteiger partial charge in [0.25, 0.3) is 0 Å². The molecule has 0 radical (unpaired) electrons. The summed E-state index contributed by atoms with van der Waals surface area (Å²) in [5, 5.41) is 4.22. The summed E-state index contributed by atoms with van der Waals surface area (Å²) in [6.07, 6.45) is 6.75. The van der Waals surface area contributed by atoms with E-state index in [9.17, 15) is 4.79 Å². The maximum Gasteiger partial charge on any atom is 0.331 e. The van der Waals surface area contributed by atoms with Crippen LogP contribution in [0.5, 0.6) is 0 Å². The summed E-state index contributed by atoms with van der Waals surface area (Å²) in [4.78, 5) is 11.9. The first-order chi connectivity index (χ1) is 11.3. The van der Waals surface area contributed by atoms with Crippen LogP contribution in [-0.4, -0.2) is 15.7 Å². The first-order valence-electron chi connectivity index (χ1n) is 7.31. The standard InChI is InChI=1S/C19H16N2O2/c22-19(23-15-16-7-2-1-3-8-16)12-11-17-9-4-5-10-18(17)21-14-6-13-20-21/h1-14H,15H2/b12-11+. The van der Waals surface area contributed by atoms with Crippen molar-refractivity contribution in [2.45, 2.75) is 6.61 Å². The largest absolute Gasteiger partial charge is 0.458 e. The molecule has 0 amide bonds. The highest BCUT2D eigenvalue weighted by molar-refractivity contribution is 5.87. The van der Waals surface area contributed by atoms with E-state index in [0.717, 1.165) is 16.8 Å². The molecule has 4 nitrogen and oxygen atoms in total. The van der Waals surface area contributed by atoms with Crippen molar-refractivity contribution in [3.8, 4) is 5.69 Å². The van der Waals surface area contributed by atoms with E-state index in [1.807, 2.05) is 66.9 Å². The quantitative estimate of drug-likeness (QED) is 0.534. The fourth-order valence-electron chi connectivity index (χ4n) is 2.18. The van der Waals surface area contributed by atoms with Crippen molar-refractivity contribution in [3.05, 3.63) is 90.3 Å². The lowest BCUT2D eigenvalue weighted by atomic mass is 10.1. The third-order valence-corrected chi connectivity index (χ3v) is 3.31. The summed E-state index contributed by atoms with van der Waals surface area (Å²) in [6.45, 7) is 0.269. The molecule has 1 heterocycles. The number of nitrogens with zero attached hydrogens (tertiary/aromatic N) is 2. The van der Waals surface area contributed by atoms with Gasteiger partial charge in [-0.25, -0.2) is 9.48 Å². The molecule has 0 unspecified atom stereocenters. The summed E-state index contributed by atoms with van der Waals surface area (Å²) < 4.78 is 6.99. The lowest BCUT2D eigenvalue weighted by Gasteiger charge is -2.05. The molecule has 4 heteroatoms. The minimum atomic E-state index is -0.371. The molecule has 0 aliphatic heterocycles. The highest BCUT2D eigenvalue weighted by atomic mass is 16.5. The number of esters is 1. The number of ether oxygens (including phenoxy) is 1. The van der Waals surface area contributed by atoms with E-state index in [4.69, 9.17) is 4.74 Å². The molecule has 0 N–H and O–H groups in total. The third-order valence-electron chi connectivity index (χ3n) is 3.31. The molecule has 114 valence electrons. The highest BCUT2D eigenvalue weighted by Crippen LogP contribution is 2.15. The van der Waals surface area contributed by atoms with Crippen LogP contribution in [-0.2, 0) is 16.1 Å². The van der Waals surface area contributed by atoms with Crippen LogP contribution >= 0.6 is 0 Å². The molecule has 2 aromatic carbocycles. The number of hydrogen-bond acceptors (Lipinski definition) is 3. The molecule has 0 bridgehead atoms. The summed E-state index contributed by atoms with van der Waals surface area (Å²) in [5.74, 6) is -0.371. The molecule has 0 aliphatic carbocycles. The van der Waals surface area contributed by atoms with E-state index in [2.05, 4.69) is 5.10 Å². The molecule has 0 saturated carbocycles. The highest BCUT2D eigenvalue weighted by Gasteiger charge is 2.03. The van der Waals surface area contributed by atoms with Crippen LogP contribution in [0, 0.1) is 0 Å². The van der Waals surface area contributed by atoms with E-state index in [-0.39, 0.29) is 12.6 Å². The fraction of sp³-hybridized carbons (Fsp3) is 0.0526. The zero-order valence-electron chi connectivity index (χ0n) is 12.5. The first-order valence-corrected chi connectivity index (χ1v) is 7.31. The Morgan fingerprint density at radius 3 is 2.61 bits per heavy atom. The summed E-state index contributed by atoms with van der Waals surface area (Å²) in [6, 6.07) is 19.2. The monoisotopic (exact) mass is 304 g/mol. The van der Waals surface area contributed by atoms with E-state index >= 15 is 0 Å². The van der Waals surface area contributed by atoms with Gasteiger partial charge >= 0.3 is 5.97 Å². The maximum absolute atomic E-state index is 11.9. The fourth-order valence-corrected chi connectivity index (χ4v) is 2.18. The second-order valence-corrected chi connectivity index (χ2v) is 4.94. The van der Waals surface area contributed by atoms with Crippen LogP contribution < -0.4 is 0 Å². The number of carbonyl (C=O) groups is 1. The molecule has 23 heavy (non-hydrogen) atoms. The number of hydrogen-bond donors (Lipinski definition) is 0. The number of rotatable bonds is 5. The predicted octanol–water partition coefficient (Wildman–Crippen LogP) is 3.63. The molecule has 3 rings (SSSR count). The van der Waals surface area contributed by atoms with Crippen LogP contribution in [0.3, 0.4) is 0 Å². The van der Waals surface area contributed by atoms with Crippen molar-refractivity contribution in [3.63, 3.8) is 0 Å². The van der Waals surface area contributed by atoms with E-state index in [1.54, 1.807) is 17.0 Å². The van der Waals surface area contributed by atoms with Crippen LogP contribution in [0.1, 0.15) is 11.1 Å². The number of aromatic nitrogens is 2. The summed E-state index contributed by atoms with van der Waals surface area (Å²) in [5.41, 5.74) is 2.77.